The van der Waals surface area contributed by atoms with Crippen LogP contribution in [0.1, 0.15) is 6.92 Å². The highest BCUT2D eigenvalue weighted by molar-refractivity contribution is 7.91. The van der Waals surface area contributed by atoms with E-state index in [1.54, 1.807) is 25.3 Å². The van der Waals surface area contributed by atoms with Crippen LogP contribution in [0.25, 0.3) is 10.6 Å². The van der Waals surface area contributed by atoms with Gasteiger partial charge in [0.2, 0.25) is 0 Å². The molecule has 2 aromatic heterocycles. The zero-order valence-corrected chi connectivity index (χ0v) is 11.8. The van der Waals surface area contributed by atoms with Crippen LogP contribution in [-0.2, 0) is 10.0 Å². The molecule has 2 aromatic rings. The quantitative estimate of drug-likeness (QED) is 0.878. The molecular formula is C13H12N2O2S2. The van der Waals surface area contributed by atoms with Crippen molar-refractivity contribution >= 4 is 21.4 Å². The Kier molecular flexibility index (Phi) is 4.00. The van der Waals surface area contributed by atoms with E-state index in [2.05, 4.69) is 15.6 Å². The number of pyridine rings is 1. The fourth-order valence-electron chi connectivity index (χ4n) is 1.44. The lowest BCUT2D eigenvalue weighted by Crippen LogP contribution is -2.30. The Morgan fingerprint density at radius 2 is 2.16 bits per heavy atom. The predicted molar refractivity (Wildman–Crippen MR) is 76.2 cm³/mol. The smallest absolute Gasteiger partial charge is 0.251 e. The Labute approximate surface area is 116 Å². The van der Waals surface area contributed by atoms with Gasteiger partial charge in [0, 0.05) is 6.20 Å². The number of hydrogen-bond donors (Lipinski definition) is 1. The van der Waals surface area contributed by atoms with Crippen LogP contribution in [-0.4, -0.2) is 19.4 Å². The van der Waals surface area contributed by atoms with Gasteiger partial charge in [-0.15, -0.1) is 17.8 Å². The minimum Gasteiger partial charge on any atom is -0.255 e. The molecule has 0 aliphatic carbocycles. The van der Waals surface area contributed by atoms with Crippen molar-refractivity contribution in [1.82, 2.24) is 9.71 Å². The van der Waals surface area contributed by atoms with E-state index in [0.717, 1.165) is 21.9 Å². The number of aromatic nitrogens is 1. The second-order valence-electron chi connectivity index (χ2n) is 3.84. The number of nitrogens with one attached hydrogen (secondary N) is 1. The molecule has 0 aromatic carbocycles. The molecule has 0 aliphatic rings. The Morgan fingerprint density at radius 1 is 1.37 bits per heavy atom. The SMILES string of the molecule is C#C[C@H](C)NS(=O)(=O)c1ccc(-c2ccccn2)s1. The molecule has 0 fully saturated rings. The van der Waals surface area contributed by atoms with Crippen molar-refractivity contribution in [3.63, 3.8) is 0 Å². The molecule has 2 heterocycles. The van der Waals surface area contributed by atoms with Crippen LogP contribution in [0, 0.1) is 12.3 Å². The van der Waals surface area contributed by atoms with Gasteiger partial charge < -0.3 is 0 Å². The van der Waals surface area contributed by atoms with Crippen LogP contribution in [0.3, 0.4) is 0 Å². The maximum Gasteiger partial charge on any atom is 0.251 e. The van der Waals surface area contributed by atoms with Crippen molar-refractivity contribution in [2.45, 2.75) is 17.2 Å². The standard InChI is InChI=1S/C13H12N2O2S2/c1-3-10(2)15-19(16,17)13-8-7-12(18-13)11-6-4-5-9-14-11/h1,4-10,15H,2H3/t10-/m0/s1. The average Bonchev–Trinajstić information content (AvgIpc) is 2.89. The first-order valence-electron chi connectivity index (χ1n) is 5.52. The Hall–Kier alpha value is -1.68. The van der Waals surface area contributed by atoms with E-state index in [1.807, 2.05) is 18.2 Å². The van der Waals surface area contributed by atoms with Crippen molar-refractivity contribution in [3.05, 3.63) is 36.5 Å². The third-order valence-electron chi connectivity index (χ3n) is 2.35. The fraction of sp³-hybridized carbons (Fsp3) is 0.154. The molecule has 0 unspecified atom stereocenters. The zero-order chi connectivity index (χ0) is 13.9. The average molecular weight is 292 g/mol. The minimum atomic E-state index is -3.56. The summed E-state index contributed by atoms with van der Waals surface area (Å²) in [6.45, 7) is 1.62. The molecule has 0 spiro atoms. The Balaban J connectivity index is 2.30. The molecule has 0 saturated heterocycles. The summed E-state index contributed by atoms with van der Waals surface area (Å²) in [5.41, 5.74) is 0.749. The summed E-state index contributed by atoms with van der Waals surface area (Å²) in [5.74, 6) is 2.33. The highest BCUT2D eigenvalue weighted by Gasteiger charge is 2.19. The van der Waals surface area contributed by atoms with E-state index in [0.29, 0.717) is 0 Å². The lowest BCUT2D eigenvalue weighted by Gasteiger charge is -2.06. The molecule has 2 rings (SSSR count). The van der Waals surface area contributed by atoms with Crippen LogP contribution < -0.4 is 4.72 Å². The number of hydrogen-bond acceptors (Lipinski definition) is 4. The molecule has 19 heavy (non-hydrogen) atoms. The molecule has 0 bridgehead atoms. The van der Waals surface area contributed by atoms with Crippen LogP contribution >= 0.6 is 11.3 Å². The van der Waals surface area contributed by atoms with Crippen LogP contribution in [0.5, 0.6) is 0 Å². The Morgan fingerprint density at radius 3 is 2.79 bits per heavy atom. The highest BCUT2D eigenvalue weighted by Crippen LogP contribution is 2.29. The summed E-state index contributed by atoms with van der Waals surface area (Å²) in [5, 5.41) is 0. The van der Waals surface area contributed by atoms with Gasteiger partial charge in [0.05, 0.1) is 16.6 Å². The van der Waals surface area contributed by atoms with Gasteiger partial charge in [0.25, 0.3) is 10.0 Å². The lowest BCUT2D eigenvalue weighted by molar-refractivity contribution is 0.580. The summed E-state index contributed by atoms with van der Waals surface area (Å²) in [6.07, 6.45) is 6.84. The molecule has 4 nitrogen and oxygen atoms in total. The number of sulfonamides is 1. The summed E-state index contributed by atoms with van der Waals surface area (Å²) in [7, 11) is -3.56. The maximum atomic E-state index is 12.0. The Bertz CT molecular complexity index is 700. The van der Waals surface area contributed by atoms with Crippen LogP contribution in [0.2, 0.25) is 0 Å². The molecule has 0 radical (unpaired) electrons. The monoisotopic (exact) mass is 292 g/mol. The van der Waals surface area contributed by atoms with Crippen molar-refractivity contribution in [2.75, 3.05) is 0 Å². The van der Waals surface area contributed by atoms with E-state index < -0.39 is 16.1 Å². The summed E-state index contributed by atoms with van der Waals surface area (Å²) in [4.78, 5) is 4.98. The van der Waals surface area contributed by atoms with E-state index in [1.165, 1.54) is 0 Å². The van der Waals surface area contributed by atoms with Crippen molar-refractivity contribution in [1.29, 1.82) is 0 Å². The number of terminal acetylenes is 1. The van der Waals surface area contributed by atoms with Crippen molar-refractivity contribution in [2.24, 2.45) is 0 Å². The minimum absolute atomic E-state index is 0.232. The zero-order valence-electron chi connectivity index (χ0n) is 10.2. The molecule has 1 N–H and O–H groups in total. The topological polar surface area (TPSA) is 59.1 Å². The van der Waals surface area contributed by atoms with Gasteiger partial charge >= 0.3 is 0 Å². The third-order valence-corrected chi connectivity index (χ3v) is 5.49. The second-order valence-corrected chi connectivity index (χ2v) is 6.87. The van der Waals surface area contributed by atoms with E-state index >= 15 is 0 Å². The number of nitrogens with zero attached hydrogens (tertiary/aromatic N) is 1. The second kappa shape index (κ2) is 5.53. The molecule has 6 heteroatoms. The van der Waals surface area contributed by atoms with Gasteiger partial charge in [-0.3, -0.25) is 4.98 Å². The molecular weight excluding hydrogens is 280 g/mol. The van der Waals surface area contributed by atoms with Crippen molar-refractivity contribution in [3.8, 4) is 22.9 Å². The summed E-state index contributed by atoms with van der Waals surface area (Å²) in [6, 6.07) is 8.26. The predicted octanol–water partition coefficient (Wildman–Crippen LogP) is 2.11. The molecule has 0 saturated carbocycles. The van der Waals surface area contributed by atoms with E-state index in [9.17, 15) is 8.42 Å². The number of thiophene rings is 1. The molecule has 0 amide bonds. The van der Waals surface area contributed by atoms with Crippen LogP contribution in [0.4, 0.5) is 0 Å². The van der Waals surface area contributed by atoms with Gasteiger partial charge in [-0.25, -0.2) is 8.42 Å². The van der Waals surface area contributed by atoms with Crippen LogP contribution in [0.15, 0.2) is 40.7 Å². The van der Waals surface area contributed by atoms with E-state index in [4.69, 9.17) is 6.42 Å². The maximum absolute atomic E-state index is 12.0. The largest absolute Gasteiger partial charge is 0.255 e. The number of rotatable bonds is 4. The van der Waals surface area contributed by atoms with Gasteiger partial charge in [0.1, 0.15) is 4.21 Å². The lowest BCUT2D eigenvalue weighted by atomic mass is 10.3. The molecule has 98 valence electrons. The normalized spacial score (nSPS) is 12.8. The van der Waals surface area contributed by atoms with Gasteiger partial charge in [0.15, 0.2) is 0 Å². The van der Waals surface area contributed by atoms with E-state index in [-0.39, 0.29) is 4.21 Å². The highest BCUT2D eigenvalue weighted by atomic mass is 32.2. The molecule has 1 atom stereocenters. The van der Waals surface area contributed by atoms with Gasteiger partial charge in [-0.1, -0.05) is 12.0 Å². The van der Waals surface area contributed by atoms with Gasteiger partial charge in [-0.05, 0) is 31.2 Å². The molecule has 0 aliphatic heterocycles. The summed E-state index contributed by atoms with van der Waals surface area (Å²) < 4.78 is 26.7. The first-order chi connectivity index (χ1) is 9.03. The fourth-order valence-corrected chi connectivity index (χ4v) is 3.90. The summed E-state index contributed by atoms with van der Waals surface area (Å²) >= 11 is 1.16. The van der Waals surface area contributed by atoms with Crippen molar-refractivity contribution < 1.29 is 8.42 Å². The third kappa shape index (κ3) is 3.20. The first-order valence-corrected chi connectivity index (χ1v) is 7.82. The first kappa shape index (κ1) is 13.7. The van der Waals surface area contributed by atoms with Gasteiger partial charge in [-0.2, -0.15) is 4.72 Å².